The molecule has 1 aromatic rings. The quantitative estimate of drug-likeness (QED) is 0.383. The highest BCUT2D eigenvalue weighted by Crippen LogP contribution is 2.30. The van der Waals surface area contributed by atoms with Gasteiger partial charge in [0.25, 0.3) is 0 Å². The third kappa shape index (κ3) is 4.48. The van der Waals surface area contributed by atoms with Crippen molar-refractivity contribution in [3.8, 4) is 0 Å². The van der Waals surface area contributed by atoms with Crippen molar-refractivity contribution in [2.75, 3.05) is 0 Å². The first-order chi connectivity index (χ1) is 7.83. The molecule has 5 heteroatoms. The molecule has 0 spiro atoms. The van der Waals surface area contributed by atoms with Gasteiger partial charge < -0.3 is 10.9 Å². The van der Waals surface area contributed by atoms with Crippen molar-refractivity contribution in [1.29, 1.82) is 0 Å². The topological polar surface area (TPSA) is 58.6 Å². The molecule has 0 saturated heterocycles. The first kappa shape index (κ1) is 14.2. The number of thioether (sulfide) groups is 1. The van der Waals surface area contributed by atoms with Crippen LogP contribution in [0.3, 0.4) is 0 Å². The highest BCUT2D eigenvalue weighted by molar-refractivity contribution is 7.99. The highest BCUT2D eigenvalue weighted by Gasteiger charge is 2.12. The molecule has 94 valence electrons. The van der Waals surface area contributed by atoms with Crippen LogP contribution in [-0.2, 0) is 5.75 Å². The summed E-state index contributed by atoms with van der Waals surface area (Å²) in [5, 5.41) is 12.2. The second-order valence-corrected chi connectivity index (χ2v) is 6.90. The fraction of sp³-hybridized carbons (Fsp3) is 0.417. The normalized spacial score (nSPS) is 12.8. The molecule has 0 atom stereocenters. The van der Waals surface area contributed by atoms with Gasteiger partial charge in [0.2, 0.25) is 0 Å². The first-order valence-electron chi connectivity index (χ1n) is 5.24. The minimum atomic E-state index is 0.0712. The number of hydrogen-bond donors (Lipinski definition) is 2. The van der Waals surface area contributed by atoms with Gasteiger partial charge in [-0.3, -0.25) is 0 Å². The molecule has 1 rings (SSSR count). The van der Waals surface area contributed by atoms with Gasteiger partial charge in [0.15, 0.2) is 5.84 Å². The second kappa shape index (κ2) is 5.65. The summed E-state index contributed by atoms with van der Waals surface area (Å²) < 4.78 is 0.202. The SMILES string of the molecule is CC(C)(C)SCc1ccc(/C(N)=N/O)cc1Cl. The van der Waals surface area contributed by atoms with Gasteiger partial charge in [-0.05, 0) is 11.6 Å². The lowest BCUT2D eigenvalue weighted by atomic mass is 10.1. The number of oxime groups is 1. The summed E-state index contributed by atoms with van der Waals surface area (Å²) in [5.41, 5.74) is 7.18. The summed E-state index contributed by atoms with van der Waals surface area (Å²) in [6.45, 7) is 6.49. The number of amidine groups is 1. The van der Waals surface area contributed by atoms with Crippen LogP contribution in [-0.4, -0.2) is 15.8 Å². The average Bonchev–Trinajstić information content (AvgIpc) is 2.25. The lowest BCUT2D eigenvalue weighted by Crippen LogP contribution is -2.13. The summed E-state index contributed by atoms with van der Waals surface area (Å²) >= 11 is 7.98. The van der Waals surface area contributed by atoms with E-state index in [0.717, 1.165) is 11.3 Å². The average molecular weight is 273 g/mol. The largest absolute Gasteiger partial charge is 0.409 e. The van der Waals surface area contributed by atoms with Crippen LogP contribution in [0.1, 0.15) is 31.9 Å². The molecule has 0 heterocycles. The fourth-order valence-corrected chi connectivity index (χ4v) is 2.34. The van der Waals surface area contributed by atoms with Crippen molar-refractivity contribution in [2.45, 2.75) is 31.3 Å². The Morgan fingerprint density at radius 3 is 2.59 bits per heavy atom. The van der Waals surface area contributed by atoms with Crippen LogP contribution in [0.4, 0.5) is 0 Å². The van der Waals surface area contributed by atoms with Gasteiger partial charge in [0, 0.05) is 21.1 Å². The minimum Gasteiger partial charge on any atom is -0.409 e. The molecular formula is C12H17ClN2OS. The van der Waals surface area contributed by atoms with Crippen LogP contribution in [0.5, 0.6) is 0 Å². The number of nitrogens with zero attached hydrogens (tertiary/aromatic N) is 1. The maximum atomic E-state index is 8.57. The Morgan fingerprint density at radius 2 is 2.12 bits per heavy atom. The van der Waals surface area contributed by atoms with Gasteiger partial charge in [-0.25, -0.2) is 0 Å². The van der Waals surface area contributed by atoms with Gasteiger partial charge in [-0.2, -0.15) is 11.8 Å². The van der Waals surface area contributed by atoms with Gasteiger partial charge in [0.1, 0.15) is 0 Å². The molecule has 0 bridgehead atoms. The molecular weight excluding hydrogens is 256 g/mol. The molecule has 0 aliphatic rings. The zero-order valence-electron chi connectivity index (χ0n) is 10.2. The van der Waals surface area contributed by atoms with Gasteiger partial charge in [-0.15, -0.1) is 0 Å². The molecule has 0 amide bonds. The Morgan fingerprint density at radius 1 is 1.47 bits per heavy atom. The number of hydrogen-bond acceptors (Lipinski definition) is 3. The van der Waals surface area contributed by atoms with Crippen LogP contribution >= 0.6 is 23.4 Å². The van der Waals surface area contributed by atoms with Crippen molar-refractivity contribution in [3.05, 3.63) is 34.3 Å². The van der Waals surface area contributed by atoms with Gasteiger partial charge in [0.05, 0.1) is 0 Å². The van der Waals surface area contributed by atoms with Crippen molar-refractivity contribution in [3.63, 3.8) is 0 Å². The predicted molar refractivity (Wildman–Crippen MR) is 75.0 cm³/mol. The van der Waals surface area contributed by atoms with E-state index < -0.39 is 0 Å². The smallest absolute Gasteiger partial charge is 0.170 e. The van der Waals surface area contributed by atoms with Crippen molar-refractivity contribution < 1.29 is 5.21 Å². The maximum Gasteiger partial charge on any atom is 0.170 e. The summed E-state index contributed by atoms with van der Waals surface area (Å²) in [7, 11) is 0. The molecule has 17 heavy (non-hydrogen) atoms. The third-order valence-electron chi connectivity index (χ3n) is 2.12. The predicted octanol–water partition coefficient (Wildman–Crippen LogP) is 3.47. The summed E-state index contributed by atoms with van der Waals surface area (Å²) in [6.07, 6.45) is 0. The molecule has 0 aliphatic carbocycles. The van der Waals surface area contributed by atoms with E-state index in [4.69, 9.17) is 22.5 Å². The van der Waals surface area contributed by atoms with E-state index in [-0.39, 0.29) is 10.6 Å². The fourth-order valence-electron chi connectivity index (χ4n) is 1.18. The van der Waals surface area contributed by atoms with E-state index in [1.54, 1.807) is 12.1 Å². The summed E-state index contributed by atoms with van der Waals surface area (Å²) in [5.74, 6) is 0.917. The Labute approximate surface area is 111 Å². The van der Waals surface area contributed by atoms with Crippen LogP contribution in [0.2, 0.25) is 5.02 Å². The molecule has 0 radical (unpaired) electrons. The first-order valence-corrected chi connectivity index (χ1v) is 6.60. The van der Waals surface area contributed by atoms with Crippen molar-refractivity contribution in [2.24, 2.45) is 10.9 Å². The van der Waals surface area contributed by atoms with Crippen molar-refractivity contribution in [1.82, 2.24) is 0 Å². The molecule has 0 aliphatic heterocycles. The van der Waals surface area contributed by atoms with E-state index >= 15 is 0 Å². The standard InChI is InChI=1S/C12H17ClN2OS/c1-12(2,3)17-7-9-5-4-8(6-10(9)13)11(14)15-16/h4-6,16H,7H2,1-3H3,(H2,14,15). The van der Waals surface area contributed by atoms with Crippen LogP contribution in [0.15, 0.2) is 23.4 Å². The van der Waals surface area contributed by atoms with E-state index in [1.807, 2.05) is 17.8 Å². The van der Waals surface area contributed by atoms with Gasteiger partial charge >= 0.3 is 0 Å². The summed E-state index contributed by atoms with van der Waals surface area (Å²) in [6, 6.07) is 5.43. The third-order valence-corrected chi connectivity index (χ3v) is 3.79. The molecule has 0 saturated carbocycles. The van der Waals surface area contributed by atoms with Crippen LogP contribution in [0, 0.1) is 0 Å². The molecule has 0 aromatic heterocycles. The number of nitrogens with two attached hydrogens (primary N) is 1. The minimum absolute atomic E-state index is 0.0712. The van der Waals surface area contributed by atoms with Crippen molar-refractivity contribution >= 4 is 29.2 Å². The zero-order chi connectivity index (χ0) is 13.1. The van der Waals surface area contributed by atoms with Crippen LogP contribution < -0.4 is 5.73 Å². The molecule has 3 nitrogen and oxygen atoms in total. The number of halogens is 1. The second-order valence-electron chi connectivity index (χ2n) is 4.69. The van der Waals surface area contributed by atoms with E-state index in [9.17, 15) is 0 Å². The Hall–Kier alpha value is -0.870. The Bertz CT molecular complexity index is 427. The molecule has 0 fully saturated rings. The maximum absolute atomic E-state index is 8.57. The lowest BCUT2D eigenvalue weighted by molar-refractivity contribution is 0.318. The highest BCUT2D eigenvalue weighted by atomic mass is 35.5. The number of benzene rings is 1. The molecule has 3 N–H and O–H groups in total. The van der Waals surface area contributed by atoms with Crippen LogP contribution in [0.25, 0.3) is 0 Å². The van der Waals surface area contributed by atoms with E-state index in [1.165, 1.54) is 0 Å². The van der Waals surface area contributed by atoms with Gasteiger partial charge in [-0.1, -0.05) is 49.7 Å². The Balaban J connectivity index is 2.84. The monoisotopic (exact) mass is 272 g/mol. The number of rotatable bonds is 3. The Kier molecular flexibility index (Phi) is 4.71. The van der Waals surface area contributed by atoms with E-state index in [2.05, 4.69) is 25.9 Å². The zero-order valence-corrected chi connectivity index (χ0v) is 11.8. The lowest BCUT2D eigenvalue weighted by Gasteiger charge is -2.18. The molecule has 0 unspecified atom stereocenters. The van der Waals surface area contributed by atoms with E-state index in [0.29, 0.717) is 10.6 Å². The molecule has 1 aromatic carbocycles. The summed E-state index contributed by atoms with van der Waals surface area (Å²) in [4.78, 5) is 0.